The molecule has 1 aliphatic rings. The Morgan fingerprint density at radius 1 is 1.07 bits per heavy atom. The number of anilines is 1. The smallest absolute Gasteiger partial charge is 0.410 e. The summed E-state index contributed by atoms with van der Waals surface area (Å²) in [7, 11) is 1.69. The van der Waals surface area contributed by atoms with Crippen molar-refractivity contribution in [3.63, 3.8) is 0 Å². The normalized spacial score (nSPS) is 15.2. The molecule has 0 bridgehead atoms. The Hall–Kier alpha value is -4.41. The minimum absolute atomic E-state index is 0.183. The number of piperidine rings is 1. The lowest BCUT2D eigenvalue weighted by Gasteiger charge is -2.36. The molecule has 4 rings (SSSR count). The molecular formula is C31H40N6O5. The molecule has 3 aromatic rings. The van der Waals surface area contributed by atoms with Crippen molar-refractivity contribution in [3.05, 3.63) is 65.2 Å². The van der Waals surface area contributed by atoms with Gasteiger partial charge < -0.3 is 20.2 Å². The molecule has 0 radical (unpaired) electrons. The number of hydrogen-bond donors (Lipinski definition) is 2. The number of esters is 1. The van der Waals surface area contributed by atoms with Crippen LogP contribution >= 0.6 is 0 Å². The third-order valence-electron chi connectivity index (χ3n) is 6.92. The minimum atomic E-state index is -0.651. The van der Waals surface area contributed by atoms with Crippen molar-refractivity contribution in [2.24, 2.45) is 0 Å². The van der Waals surface area contributed by atoms with E-state index in [1.165, 1.54) is 0 Å². The molecule has 0 unspecified atom stereocenters. The van der Waals surface area contributed by atoms with Crippen LogP contribution < -0.4 is 10.7 Å². The predicted octanol–water partition coefficient (Wildman–Crippen LogP) is 5.57. The summed E-state index contributed by atoms with van der Waals surface area (Å²) >= 11 is 0. The summed E-state index contributed by atoms with van der Waals surface area (Å²) < 4.78 is 12.7. The molecular weight excluding hydrogens is 536 g/mol. The lowest BCUT2D eigenvalue weighted by atomic mass is 10.0. The maximum atomic E-state index is 13.2. The molecule has 2 amide bonds. The van der Waals surface area contributed by atoms with E-state index in [4.69, 9.17) is 14.5 Å². The number of amides is 2. The fourth-order valence-corrected chi connectivity index (χ4v) is 4.95. The summed E-state index contributed by atoms with van der Waals surface area (Å²) in [6, 6.07) is 10.2. The SMILES string of the molecule is CCOC(=O)c1c(-c2ccc(C(=O)Nc3cc(CC)ccn3)cc2)nc([C@@H]2CCCCN2C(=O)OC(C)(C)C)n1NC. The first-order valence-corrected chi connectivity index (χ1v) is 14.4. The highest BCUT2D eigenvalue weighted by Crippen LogP contribution is 2.35. The highest BCUT2D eigenvalue weighted by molar-refractivity contribution is 6.04. The molecule has 224 valence electrons. The van der Waals surface area contributed by atoms with Crippen LogP contribution in [0.1, 0.15) is 92.2 Å². The quantitative estimate of drug-likeness (QED) is 0.333. The van der Waals surface area contributed by atoms with E-state index in [1.807, 2.05) is 39.8 Å². The number of hydrogen-bond acceptors (Lipinski definition) is 8. The number of pyridine rings is 1. The van der Waals surface area contributed by atoms with Gasteiger partial charge in [0.1, 0.15) is 17.1 Å². The number of aromatic nitrogens is 3. The second-order valence-electron chi connectivity index (χ2n) is 11.1. The summed E-state index contributed by atoms with van der Waals surface area (Å²) in [6.45, 7) is 9.97. The van der Waals surface area contributed by atoms with E-state index in [1.54, 1.807) is 54.0 Å². The monoisotopic (exact) mass is 576 g/mol. The van der Waals surface area contributed by atoms with Crippen LogP contribution in [0.4, 0.5) is 10.6 Å². The molecule has 42 heavy (non-hydrogen) atoms. The maximum Gasteiger partial charge on any atom is 0.410 e. The van der Waals surface area contributed by atoms with Gasteiger partial charge in [-0.3, -0.25) is 9.69 Å². The number of nitrogens with one attached hydrogen (secondary N) is 2. The lowest BCUT2D eigenvalue weighted by Crippen LogP contribution is -2.43. The summed E-state index contributed by atoms with van der Waals surface area (Å²) in [5.74, 6) is 0.130. The number of carbonyl (C=O) groups excluding carboxylic acids is 3. The Balaban J connectivity index is 1.70. The summed E-state index contributed by atoms with van der Waals surface area (Å²) in [5, 5.41) is 2.83. The number of aryl methyl sites for hydroxylation is 1. The van der Waals surface area contributed by atoms with E-state index < -0.39 is 23.7 Å². The fraction of sp³-hybridized carbons (Fsp3) is 0.452. The van der Waals surface area contributed by atoms with Crippen LogP contribution in [-0.4, -0.2) is 63.3 Å². The average molecular weight is 577 g/mol. The number of benzene rings is 1. The van der Waals surface area contributed by atoms with Crippen LogP contribution in [0.3, 0.4) is 0 Å². The largest absolute Gasteiger partial charge is 0.461 e. The van der Waals surface area contributed by atoms with Gasteiger partial charge in [0.15, 0.2) is 11.5 Å². The van der Waals surface area contributed by atoms with Crippen LogP contribution in [0, 0.1) is 0 Å². The number of carbonyl (C=O) groups is 3. The first kappa shape index (κ1) is 30.5. The van der Waals surface area contributed by atoms with Gasteiger partial charge >= 0.3 is 12.1 Å². The lowest BCUT2D eigenvalue weighted by molar-refractivity contribution is 0.00816. The second kappa shape index (κ2) is 13.1. The van der Waals surface area contributed by atoms with Crippen molar-refractivity contribution >= 4 is 23.8 Å². The zero-order chi connectivity index (χ0) is 30.4. The molecule has 2 aromatic heterocycles. The number of rotatable bonds is 8. The summed E-state index contributed by atoms with van der Waals surface area (Å²) in [4.78, 5) is 50.2. The van der Waals surface area contributed by atoms with Crippen LogP contribution in [0.2, 0.25) is 0 Å². The zero-order valence-electron chi connectivity index (χ0n) is 25.2. The molecule has 11 heteroatoms. The third kappa shape index (κ3) is 6.89. The predicted molar refractivity (Wildman–Crippen MR) is 160 cm³/mol. The Labute approximate surface area is 246 Å². The van der Waals surface area contributed by atoms with Crippen LogP contribution in [-0.2, 0) is 15.9 Å². The molecule has 0 saturated carbocycles. The molecule has 1 aromatic carbocycles. The van der Waals surface area contributed by atoms with E-state index in [-0.39, 0.29) is 18.2 Å². The molecule has 0 spiro atoms. The second-order valence-corrected chi connectivity index (χ2v) is 11.1. The van der Waals surface area contributed by atoms with Gasteiger partial charge in [-0.1, -0.05) is 19.1 Å². The van der Waals surface area contributed by atoms with Gasteiger partial charge in [-0.05, 0) is 83.2 Å². The Morgan fingerprint density at radius 3 is 2.45 bits per heavy atom. The molecule has 1 fully saturated rings. The van der Waals surface area contributed by atoms with Gasteiger partial charge in [0.2, 0.25) is 0 Å². The summed E-state index contributed by atoms with van der Waals surface area (Å²) in [6.07, 6.45) is 4.47. The van der Waals surface area contributed by atoms with E-state index in [0.717, 1.165) is 24.8 Å². The Bertz CT molecular complexity index is 1430. The number of likely N-dealkylation sites (tertiary alicyclic amines) is 1. The van der Waals surface area contributed by atoms with Crippen LogP contribution in [0.5, 0.6) is 0 Å². The van der Waals surface area contributed by atoms with E-state index in [2.05, 4.69) is 15.7 Å². The van der Waals surface area contributed by atoms with E-state index in [0.29, 0.717) is 41.4 Å². The Kier molecular flexibility index (Phi) is 9.49. The molecule has 2 N–H and O–H groups in total. The van der Waals surface area contributed by atoms with Gasteiger partial charge in [-0.2, -0.15) is 0 Å². The van der Waals surface area contributed by atoms with Gasteiger partial charge in [0.25, 0.3) is 5.91 Å². The van der Waals surface area contributed by atoms with Gasteiger partial charge in [0, 0.05) is 30.9 Å². The van der Waals surface area contributed by atoms with Crippen LogP contribution in [0.25, 0.3) is 11.3 Å². The molecule has 1 atom stereocenters. The maximum absolute atomic E-state index is 13.2. The standard InChI is InChI=1S/C31H40N6O5/c1-7-20-16-17-33-24(19-20)34-28(38)22-14-12-21(13-15-22)25-26(29(39)41-8-2)37(32-6)27(35-25)23-11-9-10-18-36(23)30(40)42-31(3,4)5/h12-17,19,23,32H,7-11,18H2,1-6H3,(H,33,34,38)/t23-/m0/s1. The first-order chi connectivity index (χ1) is 20.1. The highest BCUT2D eigenvalue weighted by atomic mass is 16.6. The van der Waals surface area contributed by atoms with Crippen molar-refractivity contribution in [3.8, 4) is 11.3 Å². The fourth-order valence-electron chi connectivity index (χ4n) is 4.95. The molecule has 0 aliphatic carbocycles. The Morgan fingerprint density at radius 2 is 1.81 bits per heavy atom. The van der Waals surface area contributed by atoms with Gasteiger partial charge in [-0.25, -0.2) is 24.2 Å². The third-order valence-corrected chi connectivity index (χ3v) is 6.92. The van der Waals surface area contributed by atoms with Crippen molar-refractivity contribution in [2.45, 2.75) is 71.9 Å². The summed E-state index contributed by atoms with van der Waals surface area (Å²) in [5.41, 5.74) is 5.13. The topological polar surface area (TPSA) is 128 Å². The number of nitrogens with zero attached hydrogens (tertiary/aromatic N) is 4. The zero-order valence-corrected chi connectivity index (χ0v) is 25.2. The van der Waals surface area contributed by atoms with E-state index >= 15 is 0 Å². The average Bonchev–Trinajstić information content (AvgIpc) is 3.36. The molecule has 3 heterocycles. The number of imidazole rings is 1. The van der Waals surface area contributed by atoms with Crippen molar-refractivity contribution in [1.29, 1.82) is 0 Å². The minimum Gasteiger partial charge on any atom is -0.461 e. The van der Waals surface area contributed by atoms with Crippen molar-refractivity contribution < 1.29 is 23.9 Å². The first-order valence-electron chi connectivity index (χ1n) is 14.4. The number of ether oxygens (including phenoxy) is 2. The molecule has 1 aliphatic heterocycles. The highest BCUT2D eigenvalue weighted by Gasteiger charge is 2.37. The van der Waals surface area contributed by atoms with E-state index in [9.17, 15) is 14.4 Å². The molecule has 11 nitrogen and oxygen atoms in total. The molecule has 1 saturated heterocycles. The van der Waals surface area contributed by atoms with Crippen molar-refractivity contribution in [2.75, 3.05) is 30.9 Å². The van der Waals surface area contributed by atoms with Gasteiger partial charge in [-0.15, -0.1) is 0 Å². The van der Waals surface area contributed by atoms with Crippen molar-refractivity contribution in [1.82, 2.24) is 19.5 Å². The van der Waals surface area contributed by atoms with Crippen LogP contribution in [0.15, 0.2) is 42.6 Å². The van der Waals surface area contributed by atoms with Gasteiger partial charge in [0.05, 0.1) is 12.6 Å².